The Labute approximate surface area is 151 Å². The highest BCUT2D eigenvalue weighted by molar-refractivity contribution is 6.01. The van der Waals surface area contributed by atoms with Crippen LogP contribution in [0, 0.1) is 0 Å². The zero-order valence-corrected chi connectivity index (χ0v) is 14.9. The molecule has 2 aliphatic heterocycles. The van der Waals surface area contributed by atoms with Gasteiger partial charge in [0.15, 0.2) is 11.5 Å². The molecule has 1 unspecified atom stereocenters. The van der Waals surface area contributed by atoms with Crippen LogP contribution >= 0.6 is 0 Å². The van der Waals surface area contributed by atoms with Crippen LogP contribution in [0.1, 0.15) is 43.1 Å². The average Bonchev–Trinajstić information content (AvgIpc) is 3.08. The molecule has 6 heteroatoms. The minimum atomic E-state index is -0.662. The summed E-state index contributed by atoms with van der Waals surface area (Å²) in [5.74, 6) is -0.222. The van der Waals surface area contributed by atoms with E-state index in [0.717, 1.165) is 17.0 Å². The number of carbonyl (C=O) groups is 2. The van der Waals surface area contributed by atoms with Crippen LogP contribution in [0.3, 0.4) is 0 Å². The van der Waals surface area contributed by atoms with Gasteiger partial charge in [-0.1, -0.05) is 30.3 Å². The number of imidazole rings is 1. The summed E-state index contributed by atoms with van der Waals surface area (Å²) in [6.07, 6.45) is 3.27. The van der Waals surface area contributed by atoms with Crippen molar-refractivity contribution in [1.29, 1.82) is 0 Å². The number of nitrogens with one attached hydrogen (secondary N) is 1. The van der Waals surface area contributed by atoms with Crippen LogP contribution in [0.25, 0.3) is 0 Å². The zero-order valence-electron chi connectivity index (χ0n) is 14.9. The predicted octanol–water partition coefficient (Wildman–Crippen LogP) is 2.54. The summed E-state index contributed by atoms with van der Waals surface area (Å²) < 4.78 is 5.79. The molecule has 0 spiro atoms. The molecule has 0 bridgehead atoms. The number of amides is 1. The number of rotatable bonds is 2. The number of H-pyrrole nitrogens is 1. The molecule has 6 nitrogen and oxygen atoms in total. The van der Waals surface area contributed by atoms with Crippen molar-refractivity contribution in [3.05, 3.63) is 65.4 Å². The van der Waals surface area contributed by atoms with E-state index in [0.29, 0.717) is 13.1 Å². The number of nitrogens with zero attached hydrogens (tertiary/aromatic N) is 2. The lowest BCUT2D eigenvalue weighted by Gasteiger charge is -2.35. The summed E-state index contributed by atoms with van der Waals surface area (Å²) in [4.78, 5) is 34.3. The van der Waals surface area contributed by atoms with Gasteiger partial charge in [0, 0.05) is 25.0 Å². The first-order chi connectivity index (χ1) is 12.4. The van der Waals surface area contributed by atoms with Crippen molar-refractivity contribution >= 4 is 11.7 Å². The van der Waals surface area contributed by atoms with Gasteiger partial charge in [0.25, 0.3) is 5.91 Å². The lowest BCUT2D eigenvalue weighted by molar-refractivity contribution is -0.139. The molecule has 1 aromatic heterocycles. The van der Waals surface area contributed by atoms with Crippen LogP contribution in [-0.2, 0) is 20.9 Å². The number of carbonyl (C=O) groups excluding carboxylic acids is 2. The van der Waals surface area contributed by atoms with E-state index in [4.69, 9.17) is 4.74 Å². The molecule has 0 saturated heterocycles. The van der Waals surface area contributed by atoms with Gasteiger partial charge in [0.1, 0.15) is 5.60 Å². The molecule has 4 rings (SSSR count). The van der Waals surface area contributed by atoms with Gasteiger partial charge < -0.3 is 14.6 Å². The fourth-order valence-electron chi connectivity index (χ4n) is 3.67. The average molecular weight is 351 g/mol. The number of allylic oxidation sites excluding steroid dienone is 1. The monoisotopic (exact) mass is 351 g/mol. The quantitative estimate of drug-likeness (QED) is 0.902. The van der Waals surface area contributed by atoms with Gasteiger partial charge in [-0.25, -0.2) is 4.98 Å². The molecule has 3 heterocycles. The van der Waals surface area contributed by atoms with Gasteiger partial charge in [0.2, 0.25) is 0 Å². The zero-order chi connectivity index (χ0) is 18.3. The van der Waals surface area contributed by atoms with Crippen LogP contribution in [0.2, 0.25) is 0 Å². The molecule has 0 saturated carbocycles. The topological polar surface area (TPSA) is 75.3 Å². The van der Waals surface area contributed by atoms with E-state index < -0.39 is 5.60 Å². The Morgan fingerprint density at radius 3 is 2.81 bits per heavy atom. The summed E-state index contributed by atoms with van der Waals surface area (Å²) in [7, 11) is 0. The Morgan fingerprint density at radius 1 is 1.31 bits per heavy atom. The number of ketones is 1. The van der Waals surface area contributed by atoms with Crippen LogP contribution in [-0.4, -0.2) is 38.7 Å². The maximum absolute atomic E-state index is 13.0. The molecule has 1 aromatic carbocycles. The lowest BCUT2D eigenvalue weighted by Crippen LogP contribution is -2.43. The molecule has 0 aliphatic carbocycles. The molecule has 2 aromatic rings. The molecule has 26 heavy (non-hydrogen) atoms. The number of hydrogen-bond acceptors (Lipinski definition) is 4. The molecule has 0 radical (unpaired) electrons. The fourth-order valence-corrected chi connectivity index (χ4v) is 3.67. The van der Waals surface area contributed by atoms with Gasteiger partial charge in [-0.15, -0.1) is 0 Å². The Balaban J connectivity index is 1.64. The Bertz CT molecular complexity index is 883. The van der Waals surface area contributed by atoms with Crippen molar-refractivity contribution in [2.24, 2.45) is 0 Å². The number of hydrogen-bond donors (Lipinski definition) is 1. The van der Waals surface area contributed by atoms with E-state index in [1.165, 1.54) is 6.08 Å². The molecular formula is C20H21N3O3. The van der Waals surface area contributed by atoms with Gasteiger partial charge in [0.05, 0.1) is 24.3 Å². The number of ether oxygens (including phenoxy) is 1. The van der Waals surface area contributed by atoms with E-state index in [-0.39, 0.29) is 29.8 Å². The second kappa shape index (κ2) is 6.12. The van der Waals surface area contributed by atoms with Gasteiger partial charge in [-0.2, -0.15) is 0 Å². The van der Waals surface area contributed by atoms with Gasteiger partial charge in [-0.05, 0) is 19.4 Å². The van der Waals surface area contributed by atoms with Gasteiger partial charge in [-0.3, -0.25) is 9.59 Å². The molecule has 1 atom stereocenters. The highest BCUT2D eigenvalue weighted by Gasteiger charge is 2.37. The summed E-state index contributed by atoms with van der Waals surface area (Å²) in [5, 5.41) is 0. The largest absolute Gasteiger partial charge is 0.481 e. The Hall–Kier alpha value is -2.89. The van der Waals surface area contributed by atoms with Gasteiger partial charge >= 0.3 is 0 Å². The second-order valence-electron chi connectivity index (χ2n) is 7.43. The second-order valence-corrected chi connectivity index (χ2v) is 7.43. The fraction of sp³-hybridized carbons (Fsp3) is 0.350. The van der Waals surface area contributed by atoms with E-state index in [1.807, 2.05) is 44.2 Å². The van der Waals surface area contributed by atoms with Crippen molar-refractivity contribution in [2.45, 2.75) is 38.3 Å². The highest BCUT2D eigenvalue weighted by Crippen LogP contribution is 2.33. The minimum Gasteiger partial charge on any atom is -0.481 e. The molecular weight excluding hydrogens is 330 g/mol. The van der Waals surface area contributed by atoms with Crippen LogP contribution in [0.5, 0.6) is 0 Å². The highest BCUT2D eigenvalue weighted by atomic mass is 16.5. The normalized spacial score (nSPS) is 21.6. The Kier molecular flexibility index (Phi) is 3.90. The SMILES string of the molecule is CC1(C)CC(=O)C=C(C(=O)N2Cc3[nH]cnc3C(c3ccccc3)C2)O1. The number of aromatic nitrogens is 2. The van der Waals surface area contributed by atoms with E-state index in [1.54, 1.807) is 11.2 Å². The molecule has 1 amide bonds. The number of fused-ring (bicyclic) bond motifs is 1. The third-order valence-electron chi connectivity index (χ3n) is 4.81. The van der Waals surface area contributed by atoms with Crippen LogP contribution in [0.15, 0.2) is 48.5 Å². The van der Waals surface area contributed by atoms with E-state index in [2.05, 4.69) is 9.97 Å². The first kappa shape index (κ1) is 16.6. The third kappa shape index (κ3) is 3.03. The third-order valence-corrected chi connectivity index (χ3v) is 4.81. The summed E-state index contributed by atoms with van der Waals surface area (Å²) in [6, 6.07) is 10.0. The van der Waals surface area contributed by atoms with Crippen molar-refractivity contribution in [2.75, 3.05) is 6.54 Å². The maximum Gasteiger partial charge on any atom is 0.289 e. The summed E-state index contributed by atoms with van der Waals surface area (Å²) in [6.45, 7) is 4.56. The first-order valence-corrected chi connectivity index (χ1v) is 8.73. The molecule has 0 fully saturated rings. The van der Waals surface area contributed by atoms with Crippen molar-refractivity contribution in [1.82, 2.24) is 14.9 Å². The number of benzene rings is 1. The van der Waals surface area contributed by atoms with Crippen molar-refractivity contribution in [3.8, 4) is 0 Å². The minimum absolute atomic E-state index is 0.0111. The summed E-state index contributed by atoms with van der Waals surface area (Å²) >= 11 is 0. The van der Waals surface area contributed by atoms with E-state index in [9.17, 15) is 9.59 Å². The Morgan fingerprint density at radius 2 is 2.08 bits per heavy atom. The molecule has 1 N–H and O–H groups in total. The summed E-state index contributed by atoms with van der Waals surface area (Å²) in [5.41, 5.74) is 2.33. The molecule has 2 aliphatic rings. The van der Waals surface area contributed by atoms with E-state index >= 15 is 0 Å². The smallest absolute Gasteiger partial charge is 0.289 e. The number of aromatic amines is 1. The predicted molar refractivity (Wildman–Crippen MR) is 95.2 cm³/mol. The molecule has 134 valence electrons. The van der Waals surface area contributed by atoms with Crippen molar-refractivity contribution in [3.63, 3.8) is 0 Å². The van der Waals surface area contributed by atoms with Crippen LogP contribution < -0.4 is 0 Å². The first-order valence-electron chi connectivity index (χ1n) is 8.73. The van der Waals surface area contributed by atoms with Crippen molar-refractivity contribution < 1.29 is 14.3 Å². The maximum atomic E-state index is 13.0. The lowest BCUT2D eigenvalue weighted by atomic mass is 9.90. The van der Waals surface area contributed by atoms with Crippen LogP contribution in [0.4, 0.5) is 0 Å². The standard InChI is InChI=1S/C20H21N3O3/c1-20(2)9-14(24)8-17(26-20)19(25)23-10-15(13-6-4-3-5-7-13)18-16(11-23)21-12-22-18/h3-8,12,15H,9-11H2,1-2H3,(H,21,22).